The molecule has 6 nitrogen and oxygen atoms in total. The highest BCUT2D eigenvalue weighted by molar-refractivity contribution is 5.93. The van der Waals surface area contributed by atoms with Gasteiger partial charge in [-0.3, -0.25) is 14.4 Å². The zero-order chi connectivity index (χ0) is 16.3. The number of amides is 1. The molecule has 1 aromatic rings. The molecule has 1 aliphatic rings. The Morgan fingerprint density at radius 3 is 2.59 bits per heavy atom. The van der Waals surface area contributed by atoms with Crippen LogP contribution in [0.25, 0.3) is 0 Å². The first-order valence-electron chi connectivity index (χ1n) is 6.28. The molecule has 0 unspecified atom stereocenters. The summed E-state index contributed by atoms with van der Waals surface area (Å²) in [7, 11) is 0. The average molecular weight is 317 g/mol. The number of quaternary nitrogens is 1. The van der Waals surface area contributed by atoms with Crippen LogP contribution >= 0.6 is 0 Å². The van der Waals surface area contributed by atoms with E-state index in [1.807, 2.05) is 0 Å². The minimum absolute atomic E-state index is 0.0888. The molecule has 0 spiro atoms. The highest BCUT2D eigenvalue weighted by Gasteiger charge is 2.43. The number of nitrogens with two attached hydrogens (primary N) is 1. The van der Waals surface area contributed by atoms with E-state index >= 15 is 0 Å². The summed E-state index contributed by atoms with van der Waals surface area (Å²) in [6.45, 7) is -0.516. The van der Waals surface area contributed by atoms with Crippen LogP contribution in [0.4, 0.5) is 18.9 Å². The molecule has 0 aliphatic heterocycles. The molecule has 0 aromatic heterocycles. The van der Waals surface area contributed by atoms with Crippen LogP contribution in [-0.2, 0) is 32.1 Å². The lowest BCUT2D eigenvalue weighted by Gasteiger charge is -2.07. The summed E-state index contributed by atoms with van der Waals surface area (Å²) in [5.74, 6) is -2.93. The molecular formula is C13H12F3N2O4+. The lowest BCUT2D eigenvalue weighted by atomic mass is 10.1. The van der Waals surface area contributed by atoms with Gasteiger partial charge in [0.1, 0.15) is 5.78 Å². The number of Topliss-reactive ketones (excluding diaryl/α,β-unsaturated/α-hetero) is 1. The second kappa shape index (κ2) is 6.14. The third-order valence-electron chi connectivity index (χ3n) is 2.96. The van der Waals surface area contributed by atoms with Crippen LogP contribution < -0.4 is 10.8 Å². The van der Waals surface area contributed by atoms with E-state index in [2.05, 4.69) is 10.2 Å². The molecule has 0 fully saturated rings. The number of fused-ring (bicyclic) bond motifs is 1. The van der Waals surface area contributed by atoms with Crippen LogP contribution in [0, 0.1) is 0 Å². The number of carbonyl (C=O) groups excluding carboxylic acids is 3. The Morgan fingerprint density at radius 1 is 1.23 bits per heavy atom. The number of anilines is 1. The predicted octanol–water partition coefficient (Wildman–Crippen LogP) is -0.123. The molecule has 22 heavy (non-hydrogen) atoms. The van der Waals surface area contributed by atoms with Gasteiger partial charge in [-0.2, -0.15) is 13.2 Å². The van der Waals surface area contributed by atoms with Gasteiger partial charge in [-0.1, -0.05) is 6.07 Å². The third kappa shape index (κ3) is 4.04. The monoisotopic (exact) mass is 317 g/mol. The first-order valence-corrected chi connectivity index (χ1v) is 6.28. The van der Waals surface area contributed by atoms with E-state index in [0.717, 1.165) is 11.1 Å². The number of hydroxylamine groups is 1. The molecule has 9 heteroatoms. The summed E-state index contributed by atoms with van der Waals surface area (Å²) < 4.78 is 35.6. The van der Waals surface area contributed by atoms with Crippen molar-refractivity contribution in [1.29, 1.82) is 0 Å². The van der Waals surface area contributed by atoms with Crippen molar-refractivity contribution in [2.75, 3.05) is 11.9 Å². The summed E-state index contributed by atoms with van der Waals surface area (Å²) in [5.41, 5.74) is 2.63. The molecule has 118 valence electrons. The molecular weight excluding hydrogens is 305 g/mol. The van der Waals surface area contributed by atoms with Crippen molar-refractivity contribution in [3.05, 3.63) is 29.3 Å². The molecule has 0 atom stereocenters. The number of hydrogen-bond donors (Lipinski definition) is 2. The number of benzene rings is 1. The zero-order valence-electron chi connectivity index (χ0n) is 11.2. The Morgan fingerprint density at radius 2 is 1.91 bits per heavy atom. The van der Waals surface area contributed by atoms with Gasteiger partial charge in [0.05, 0.1) is 0 Å². The van der Waals surface area contributed by atoms with E-state index in [1.165, 1.54) is 0 Å². The second-order valence-electron chi connectivity index (χ2n) is 4.70. The van der Waals surface area contributed by atoms with E-state index in [0.29, 0.717) is 24.0 Å². The van der Waals surface area contributed by atoms with Crippen LogP contribution in [-0.4, -0.2) is 30.4 Å². The van der Waals surface area contributed by atoms with Crippen LogP contribution in [0.5, 0.6) is 0 Å². The molecule has 1 aromatic carbocycles. The van der Waals surface area contributed by atoms with Crippen molar-refractivity contribution in [2.45, 2.75) is 19.0 Å². The van der Waals surface area contributed by atoms with Crippen LogP contribution in [0.15, 0.2) is 18.2 Å². The number of halogens is 3. The predicted molar refractivity (Wildman–Crippen MR) is 66.4 cm³/mol. The van der Waals surface area contributed by atoms with E-state index in [4.69, 9.17) is 0 Å². The first kappa shape index (κ1) is 16.0. The van der Waals surface area contributed by atoms with Crippen LogP contribution in [0.3, 0.4) is 0 Å². The quantitative estimate of drug-likeness (QED) is 0.758. The molecule has 1 aliphatic carbocycles. The highest BCUT2D eigenvalue weighted by atomic mass is 19.4. The van der Waals surface area contributed by atoms with Gasteiger partial charge in [0, 0.05) is 18.5 Å². The Hall–Kier alpha value is -2.42. The lowest BCUT2D eigenvalue weighted by molar-refractivity contribution is -0.866. The zero-order valence-corrected chi connectivity index (χ0v) is 11.2. The van der Waals surface area contributed by atoms with E-state index < -0.39 is 24.6 Å². The average Bonchev–Trinajstić information content (AvgIpc) is 2.76. The smallest absolute Gasteiger partial charge is 0.321 e. The van der Waals surface area contributed by atoms with E-state index in [9.17, 15) is 27.6 Å². The number of hydrogen-bond acceptors (Lipinski definition) is 4. The Labute approximate surface area is 122 Å². The van der Waals surface area contributed by atoms with Gasteiger partial charge in [0.15, 0.2) is 6.54 Å². The van der Waals surface area contributed by atoms with Crippen molar-refractivity contribution in [2.24, 2.45) is 0 Å². The fourth-order valence-corrected chi connectivity index (χ4v) is 2.00. The van der Waals surface area contributed by atoms with Gasteiger partial charge in [-0.15, -0.1) is 5.48 Å². The molecule has 0 saturated heterocycles. The second-order valence-corrected chi connectivity index (χ2v) is 4.70. The Kier molecular flexibility index (Phi) is 4.45. The lowest BCUT2D eigenvalue weighted by Crippen LogP contribution is -2.86. The topological polar surface area (TPSA) is 89.1 Å². The van der Waals surface area contributed by atoms with Gasteiger partial charge in [0.25, 0.3) is 5.91 Å². The summed E-state index contributed by atoms with van der Waals surface area (Å²) in [6.07, 6.45) is -4.43. The molecule has 0 saturated carbocycles. The van der Waals surface area contributed by atoms with Gasteiger partial charge in [-0.05, 0) is 23.3 Å². The van der Waals surface area contributed by atoms with Crippen LogP contribution in [0.2, 0.25) is 0 Å². The van der Waals surface area contributed by atoms with Crippen LogP contribution in [0.1, 0.15) is 11.1 Å². The molecule has 2 rings (SSSR count). The number of alkyl halides is 3. The van der Waals surface area contributed by atoms with Crippen molar-refractivity contribution in [3.8, 4) is 0 Å². The minimum atomic E-state index is -5.10. The summed E-state index contributed by atoms with van der Waals surface area (Å²) in [6, 6.07) is 4.94. The number of ketones is 1. The van der Waals surface area contributed by atoms with Crippen molar-refractivity contribution < 1.29 is 37.9 Å². The Bertz CT molecular complexity index is 628. The fraction of sp³-hybridized carbons (Fsp3) is 0.308. The highest BCUT2D eigenvalue weighted by Crippen LogP contribution is 2.23. The van der Waals surface area contributed by atoms with Crippen molar-refractivity contribution in [3.63, 3.8) is 0 Å². The maximum absolute atomic E-state index is 11.9. The fourth-order valence-electron chi connectivity index (χ4n) is 2.00. The minimum Gasteiger partial charge on any atom is -0.321 e. The third-order valence-corrected chi connectivity index (χ3v) is 2.96. The van der Waals surface area contributed by atoms with Gasteiger partial charge in [0.2, 0.25) is 0 Å². The summed E-state index contributed by atoms with van der Waals surface area (Å²) >= 11 is 0. The maximum Gasteiger partial charge on any atom is 0.497 e. The van der Waals surface area contributed by atoms with Gasteiger partial charge >= 0.3 is 12.1 Å². The molecule has 3 N–H and O–H groups in total. The van der Waals surface area contributed by atoms with Crippen molar-refractivity contribution in [1.82, 2.24) is 0 Å². The molecule has 0 radical (unpaired) electrons. The molecule has 0 heterocycles. The standard InChI is InChI=1S/C13H11F3N2O4/c14-13(15,16)12(21)22-17-6-11(20)18-9-2-1-7-4-10(19)5-8(7)3-9/h1-3,17H,4-6H2,(H,18,20)/p+1. The summed E-state index contributed by atoms with van der Waals surface area (Å²) in [4.78, 5) is 37.0. The van der Waals surface area contributed by atoms with Gasteiger partial charge < -0.3 is 5.32 Å². The van der Waals surface area contributed by atoms with Crippen molar-refractivity contribution >= 4 is 23.3 Å². The van der Waals surface area contributed by atoms with E-state index in [1.54, 1.807) is 18.2 Å². The summed E-state index contributed by atoms with van der Waals surface area (Å²) in [5, 5.41) is 2.44. The number of carbonyl (C=O) groups is 3. The number of rotatable bonds is 4. The SMILES string of the molecule is O=C1Cc2ccc(NC(=O)C[NH2+]OC(=O)C(F)(F)F)cc2C1. The Balaban J connectivity index is 1.82. The maximum atomic E-state index is 11.9. The first-order chi connectivity index (χ1) is 10.3. The van der Waals surface area contributed by atoms with E-state index in [-0.39, 0.29) is 5.78 Å². The number of nitrogens with one attached hydrogen (secondary N) is 1. The van der Waals surface area contributed by atoms with Gasteiger partial charge in [-0.25, -0.2) is 4.79 Å². The largest absolute Gasteiger partial charge is 0.497 e. The normalized spacial score (nSPS) is 13.7. The molecule has 0 bridgehead atoms. The molecule has 1 amide bonds.